The number of unbranched alkanes of at least 4 members (excludes halogenated alkanes) is 51. The summed E-state index contributed by atoms with van der Waals surface area (Å²) in [7, 11) is -3.92. The average molecular weight is 982 g/mol. The summed E-state index contributed by atoms with van der Waals surface area (Å²) >= 11 is 0. The molecule has 0 bridgehead atoms. The van der Waals surface area contributed by atoms with E-state index in [1.54, 1.807) is 0 Å². The van der Waals surface area contributed by atoms with E-state index in [9.17, 15) is 13.0 Å². The molecule has 4 nitrogen and oxygen atoms in total. The zero-order chi connectivity index (χ0) is 49.4. The van der Waals surface area contributed by atoms with Gasteiger partial charge in [-0.25, -0.2) is 0 Å². The number of hydrogen-bond acceptors (Lipinski definition) is 2. The van der Waals surface area contributed by atoms with Crippen molar-refractivity contribution in [1.82, 2.24) is 0 Å². The van der Waals surface area contributed by atoms with E-state index < -0.39 is 10.1 Å². The van der Waals surface area contributed by atoms with Gasteiger partial charge in [0.25, 0.3) is 10.1 Å². The zero-order valence-electron chi connectivity index (χ0n) is 47.5. The Balaban J connectivity index is 4.64. The van der Waals surface area contributed by atoms with Gasteiger partial charge in [-0.05, 0) is 38.5 Å². The maximum absolute atomic E-state index is 11.9. The lowest BCUT2D eigenvalue weighted by Gasteiger charge is -2.39. The summed E-state index contributed by atoms with van der Waals surface area (Å²) in [5.74, 6) is -0.0790. The van der Waals surface area contributed by atoms with E-state index in [0.717, 1.165) is 11.0 Å². The van der Waals surface area contributed by atoms with E-state index in [4.69, 9.17) is 0 Å². The predicted octanol–water partition coefficient (Wildman–Crippen LogP) is 22.2. The van der Waals surface area contributed by atoms with Gasteiger partial charge >= 0.3 is 0 Å². The lowest BCUT2D eigenvalue weighted by molar-refractivity contribution is -0.928. The first-order valence-electron chi connectivity index (χ1n) is 32.2. The third-order valence-electron chi connectivity index (χ3n) is 16.0. The summed E-state index contributed by atoms with van der Waals surface area (Å²) in [6, 6.07) is 0. The molecule has 68 heavy (non-hydrogen) atoms. The highest BCUT2D eigenvalue weighted by molar-refractivity contribution is 7.85. The van der Waals surface area contributed by atoms with Crippen LogP contribution in [0.4, 0.5) is 0 Å². The Kier molecular flexibility index (Phi) is 56.1. The summed E-state index contributed by atoms with van der Waals surface area (Å²) in [5, 5.41) is 0. The third kappa shape index (κ3) is 55.2. The van der Waals surface area contributed by atoms with Crippen LogP contribution in [0.5, 0.6) is 0 Å². The molecule has 0 radical (unpaired) electrons. The first-order chi connectivity index (χ1) is 33.4. The van der Waals surface area contributed by atoms with Crippen molar-refractivity contribution in [3.05, 3.63) is 0 Å². The van der Waals surface area contributed by atoms with Crippen LogP contribution in [0.2, 0.25) is 0 Å². The highest BCUT2D eigenvalue weighted by Crippen LogP contribution is 2.22. The number of quaternary nitrogens is 1. The lowest BCUT2D eigenvalue weighted by atomic mass is 10.0. The van der Waals surface area contributed by atoms with E-state index in [1.807, 2.05) is 0 Å². The van der Waals surface area contributed by atoms with E-state index in [1.165, 1.54) is 366 Å². The Labute approximate surface area is 431 Å². The Morgan fingerprint density at radius 2 is 0.353 bits per heavy atom. The van der Waals surface area contributed by atoms with Gasteiger partial charge in [0, 0.05) is 6.42 Å². The first kappa shape index (κ1) is 67.9. The van der Waals surface area contributed by atoms with Gasteiger partial charge in [0.15, 0.2) is 0 Å². The van der Waals surface area contributed by atoms with Crippen molar-refractivity contribution in [3.8, 4) is 0 Å². The topological polar surface area (TPSA) is 54.4 Å². The van der Waals surface area contributed by atoms with Crippen LogP contribution >= 0.6 is 0 Å². The highest BCUT2D eigenvalue weighted by atomic mass is 32.2. The minimum Gasteiger partial charge on any atom is -0.324 e. The van der Waals surface area contributed by atoms with Crippen molar-refractivity contribution >= 4 is 10.1 Å². The second kappa shape index (κ2) is 56.2. The number of nitrogens with zero attached hydrogens (tertiary/aromatic N) is 1. The lowest BCUT2D eigenvalue weighted by Crippen LogP contribution is -2.51. The van der Waals surface area contributed by atoms with E-state index in [0.29, 0.717) is 6.42 Å². The summed E-state index contributed by atoms with van der Waals surface area (Å²) in [5.41, 5.74) is 0. The van der Waals surface area contributed by atoms with Gasteiger partial charge in [-0.15, -0.1) is 0 Å². The normalized spacial score (nSPS) is 12.2. The molecule has 0 unspecified atom stereocenters. The SMILES string of the molecule is CCCCCCCCCCCCCCCCCCCC[N+](CCCCCCCCCCCCCCCCCCCC)(CCCCCCCCCCCCCCCCCCCC)CCCS(=O)(=O)O. The zero-order valence-corrected chi connectivity index (χ0v) is 48.4. The molecule has 0 saturated carbocycles. The predicted molar refractivity (Wildman–Crippen MR) is 307 cm³/mol. The quantitative estimate of drug-likeness (QED) is 0.0375. The molecule has 5 heteroatoms. The average Bonchev–Trinajstić information content (AvgIpc) is 3.32. The third-order valence-corrected chi connectivity index (χ3v) is 16.8. The Hall–Kier alpha value is -0.130. The highest BCUT2D eigenvalue weighted by Gasteiger charge is 2.27. The van der Waals surface area contributed by atoms with Crippen LogP contribution in [0.3, 0.4) is 0 Å². The van der Waals surface area contributed by atoms with Crippen molar-refractivity contribution < 1.29 is 17.5 Å². The second-order valence-electron chi connectivity index (χ2n) is 22.9. The molecular formula is C63H130NO3S+. The van der Waals surface area contributed by atoms with Crippen LogP contribution in [-0.4, -0.2) is 49.4 Å². The maximum atomic E-state index is 11.9. The van der Waals surface area contributed by atoms with E-state index in [-0.39, 0.29) is 5.75 Å². The molecule has 0 fully saturated rings. The van der Waals surface area contributed by atoms with Crippen molar-refractivity contribution in [2.75, 3.05) is 31.9 Å². The van der Waals surface area contributed by atoms with E-state index >= 15 is 0 Å². The minimum atomic E-state index is -3.92. The fraction of sp³-hybridized carbons (Fsp3) is 1.00. The molecule has 0 aromatic carbocycles. The molecule has 0 aliphatic heterocycles. The van der Waals surface area contributed by atoms with Gasteiger partial charge in [0.05, 0.1) is 31.9 Å². The Morgan fingerprint density at radius 1 is 0.221 bits per heavy atom. The van der Waals surface area contributed by atoms with Crippen LogP contribution in [0.15, 0.2) is 0 Å². The molecule has 0 heterocycles. The molecule has 0 amide bonds. The molecule has 0 aliphatic carbocycles. The fourth-order valence-corrected chi connectivity index (χ4v) is 11.8. The monoisotopic (exact) mass is 981 g/mol. The van der Waals surface area contributed by atoms with Gasteiger partial charge in [-0.2, -0.15) is 8.42 Å². The van der Waals surface area contributed by atoms with Crippen LogP contribution in [0, 0.1) is 0 Å². The largest absolute Gasteiger partial charge is 0.324 e. The molecule has 0 spiro atoms. The number of rotatable bonds is 61. The van der Waals surface area contributed by atoms with Gasteiger partial charge < -0.3 is 4.48 Å². The standard InChI is InChI=1S/C63H129NO3S/c1-4-7-10-13-16-19-22-25-28-31-34-37-40-43-46-49-52-55-59-64(62-58-63-68(65,66)67,60-56-53-50-47-44-41-38-35-32-29-26-23-20-17-14-11-8-5-2)61-57-54-51-48-45-42-39-36-33-30-27-24-21-18-15-12-9-6-3/h4-63H2,1-3H3/p+1. The molecule has 0 aromatic rings. The van der Waals surface area contributed by atoms with Crippen molar-refractivity contribution in [2.45, 2.75) is 374 Å². The smallest absolute Gasteiger partial charge is 0.265 e. The summed E-state index contributed by atoms with van der Waals surface area (Å²) < 4.78 is 34.5. The Morgan fingerprint density at radius 3 is 0.500 bits per heavy atom. The van der Waals surface area contributed by atoms with Crippen LogP contribution in [-0.2, 0) is 10.1 Å². The molecule has 410 valence electrons. The van der Waals surface area contributed by atoms with E-state index in [2.05, 4.69) is 20.8 Å². The molecule has 0 aromatic heterocycles. The number of hydrogen-bond donors (Lipinski definition) is 1. The molecule has 0 atom stereocenters. The first-order valence-corrected chi connectivity index (χ1v) is 33.8. The van der Waals surface area contributed by atoms with Gasteiger partial charge in [0.1, 0.15) is 0 Å². The Bertz CT molecular complexity index is 934. The van der Waals surface area contributed by atoms with Crippen LogP contribution in [0.25, 0.3) is 0 Å². The molecule has 1 N–H and O–H groups in total. The molecule has 0 saturated heterocycles. The second-order valence-corrected chi connectivity index (χ2v) is 24.5. The minimum absolute atomic E-state index is 0.0790. The summed E-state index contributed by atoms with van der Waals surface area (Å²) in [4.78, 5) is 0. The van der Waals surface area contributed by atoms with Gasteiger partial charge in [-0.1, -0.05) is 329 Å². The maximum Gasteiger partial charge on any atom is 0.265 e. The van der Waals surface area contributed by atoms with Crippen LogP contribution in [0.1, 0.15) is 374 Å². The fourth-order valence-electron chi connectivity index (χ4n) is 11.3. The summed E-state index contributed by atoms with van der Waals surface area (Å²) in [6.45, 7) is 11.4. The van der Waals surface area contributed by atoms with Crippen LogP contribution < -0.4 is 0 Å². The molecule has 0 rings (SSSR count). The van der Waals surface area contributed by atoms with Gasteiger partial charge in [-0.3, -0.25) is 4.55 Å². The summed E-state index contributed by atoms with van der Waals surface area (Å²) in [6.07, 6.45) is 76.5. The van der Waals surface area contributed by atoms with Crippen molar-refractivity contribution in [2.24, 2.45) is 0 Å². The van der Waals surface area contributed by atoms with Crippen molar-refractivity contribution in [1.29, 1.82) is 0 Å². The molecular weight excluding hydrogens is 851 g/mol. The van der Waals surface area contributed by atoms with Crippen molar-refractivity contribution in [3.63, 3.8) is 0 Å². The van der Waals surface area contributed by atoms with Gasteiger partial charge in [0.2, 0.25) is 0 Å². The molecule has 0 aliphatic rings.